The second kappa shape index (κ2) is 23.9. The molecule has 0 unspecified atom stereocenters. The highest BCUT2D eigenvalue weighted by Crippen LogP contribution is 2.30. The van der Waals surface area contributed by atoms with Gasteiger partial charge in [0.2, 0.25) is 10.9 Å². The highest BCUT2D eigenvalue weighted by molar-refractivity contribution is 6.00. The van der Waals surface area contributed by atoms with Gasteiger partial charge in [0, 0.05) is 86.1 Å². The molecule has 4 N–H and O–H groups in total. The molecule has 0 aliphatic carbocycles. The number of ether oxygens (including phenoxy) is 1. The molecule has 1 saturated heterocycles. The van der Waals surface area contributed by atoms with Crippen LogP contribution >= 0.6 is 0 Å². The summed E-state index contributed by atoms with van der Waals surface area (Å²) in [4.78, 5) is 81.8. The summed E-state index contributed by atoms with van der Waals surface area (Å²) in [5.74, 6) is -11.0. The van der Waals surface area contributed by atoms with Crippen LogP contribution in [0.4, 0.5) is 26.3 Å². The third-order valence-electron chi connectivity index (χ3n) is 12.8. The minimum Gasteiger partial charge on any atom is -0.502 e. The molecule has 4 amide bonds. The fraction of sp³-hybridized carbons (Fsp3) is 0.346. The number of fused-ring (bicyclic) bond motifs is 8. The van der Waals surface area contributed by atoms with Crippen LogP contribution in [-0.2, 0) is 19.7 Å². The Bertz CT molecular complexity index is 3090. The Labute approximate surface area is 426 Å². The molecule has 0 radical (unpaired) electrons. The topological polar surface area (TPSA) is 199 Å². The van der Waals surface area contributed by atoms with Crippen molar-refractivity contribution in [3.63, 3.8) is 0 Å². The van der Waals surface area contributed by atoms with Gasteiger partial charge in [0.15, 0.2) is 22.9 Å². The maximum absolute atomic E-state index is 14.1. The lowest BCUT2D eigenvalue weighted by atomic mass is 10.1. The fourth-order valence-electron chi connectivity index (χ4n) is 8.66. The van der Waals surface area contributed by atoms with Gasteiger partial charge in [-0.25, -0.2) is 26.3 Å². The molecular formula is C52H56F6N8O9. The molecule has 4 bridgehead atoms. The molecule has 4 atom stereocenters. The zero-order chi connectivity index (χ0) is 55.2. The van der Waals surface area contributed by atoms with E-state index in [1.165, 1.54) is 15.5 Å². The van der Waals surface area contributed by atoms with Crippen molar-refractivity contribution in [1.82, 2.24) is 29.8 Å². The van der Waals surface area contributed by atoms with E-state index >= 15 is 0 Å². The van der Waals surface area contributed by atoms with Crippen molar-refractivity contribution in [2.75, 3.05) is 30.5 Å². The van der Waals surface area contributed by atoms with Crippen LogP contribution in [0.15, 0.2) is 88.7 Å². The Morgan fingerprint density at radius 3 is 1.61 bits per heavy atom. The van der Waals surface area contributed by atoms with E-state index in [1.54, 1.807) is 44.1 Å². The molecule has 23 heteroatoms. The number of aromatic hydroxyl groups is 1. The number of benzene rings is 3. The van der Waals surface area contributed by atoms with Crippen LogP contribution in [-0.4, -0.2) is 97.6 Å². The zero-order valence-corrected chi connectivity index (χ0v) is 42.0. The molecule has 3 aromatic carbocycles. The van der Waals surface area contributed by atoms with Gasteiger partial charge < -0.3 is 35.4 Å². The summed E-state index contributed by atoms with van der Waals surface area (Å²) in [6.07, 6.45) is 7.64. The molecule has 6 heterocycles. The fourth-order valence-corrected chi connectivity index (χ4v) is 8.66. The molecular weight excluding hydrogens is 995 g/mol. The lowest BCUT2D eigenvalue weighted by molar-refractivity contribution is 0.0625. The van der Waals surface area contributed by atoms with E-state index in [4.69, 9.17) is 9.84 Å². The van der Waals surface area contributed by atoms with E-state index in [1.807, 2.05) is 59.8 Å². The Morgan fingerprint density at radius 1 is 0.627 bits per heavy atom. The number of carbonyl (C=O) groups is 4. The van der Waals surface area contributed by atoms with Gasteiger partial charge in [-0.05, 0) is 46.1 Å². The quantitative estimate of drug-likeness (QED) is 0.101. The van der Waals surface area contributed by atoms with Gasteiger partial charge in [0.25, 0.3) is 23.6 Å². The normalized spacial score (nSPS) is 18.1. The first kappa shape index (κ1) is 56.2. The molecule has 400 valence electrons. The van der Waals surface area contributed by atoms with Gasteiger partial charge in [0.1, 0.15) is 66.0 Å². The molecule has 75 heavy (non-hydrogen) atoms. The predicted molar refractivity (Wildman–Crippen MR) is 263 cm³/mol. The van der Waals surface area contributed by atoms with E-state index in [9.17, 15) is 60.2 Å². The van der Waals surface area contributed by atoms with Crippen LogP contribution in [0, 0.1) is 34.9 Å². The molecule has 5 aromatic rings. The van der Waals surface area contributed by atoms with E-state index in [-0.39, 0.29) is 66.8 Å². The number of carbonyl (C=O) groups excluding carboxylic acids is 4. The number of pyridine rings is 2. The van der Waals surface area contributed by atoms with Crippen LogP contribution in [0.2, 0.25) is 0 Å². The van der Waals surface area contributed by atoms with Gasteiger partial charge in [-0.1, -0.05) is 56.3 Å². The zero-order valence-electron chi connectivity index (χ0n) is 42.0. The molecule has 2 aromatic heterocycles. The SMILES string of the molecule is CC.CO.C[C@H]1C=C[C@H](C)N2CN1C(=O)c1c(OCc3ccccc3)c(=O)c(C(=O)NCc3c(F)cc(F)cc3F)cn12.C[C@H]1CC[C@H](C)N2CN1C(=O)c1c(O)c(=O)c(C(=O)NCc3c(F)cc(F)cc3F)cn12. The average Bonchev–Trinajstić information content (AvgIpc) is 3.60. The number of halogens is 6. The number of rotatable bonds is 9. The van der Waals surface area contributed by atoms with Crippen LogP contribution < -0.4 is 36.2 Å². The number of aliphatic hydroxyl groups excluding tert-OH is 1. The number of amides is 4. The first-order valence-electron chi connectivity index (χ1n) is 23.8. The Kier molecular flexibility index (Phi) is 17.9. The number of hydrogen-bond donors (Lipinski definition) is 4. The summed E-state index contributed by atoms with van der Waals surface area (Å²) in [7, 11) is 1.00. The third kappa shape index (κ3) is 11.5. The van der Waals surface area contributed by atoms with Crippen molar-refractivity contribution in [2.24, 2.45) is 0 Å². The molecule has 17 nitrogen and oxygen atoms in total. The molecule has 0 spiro atoms. The Morgan fingerprint density at radius 2 is 1.08 bits per heavy atom. The molecule has 4 aliphatic heterocycles. The van der Waals surface area contributed by atoms with E-state index < -0.39 is 105 Å². The number of aliphatic hydroxyl groups is 1. The average molecular weight is 1050 g/mol. The van der Waals surface area contributed by atoms with E-state index in [0.717, 1.165) is 31.7 Å². The highest BCUT2D eigenvalue weighted by atomic mass is 19.2. The van der Waals surface area contributed by atoms with Crippen molar-refractivity contribution >= 4 is 23.6 Å². The van der Waals surface area contributed by atoms with Crippen molar-refractivity contribution in [1.29, 1.82) is 0 Å². The minimum absolute atomic E-state index is 0.0308. The summed E-state index contributed by atoms with van der Waals surface area (Å²) in [6, 6.07) is 10.3. The van der Waals surface area contributed by atoms with Gasteiger partial charge in [-0.2, -0.15) is 0 Å². The Balaban J connectivity index is 0.000000233. The maximum atomic E-state index is 14.1. The predicted octanol–water partition coefficient (Wildman–Crippen LogP) is 5.93. The summed E-state index contributed by atoms with van der Waals surface area (Å²) in [5.41, 5.74) is -3.50. The monoisotopic (exact) mass is 1050 g/mol. The first-order chi connectivity index (χ1) is 35.7. The van der Waals surface area contributed by atoms with Crippen molar-refractivity contribution < 1.29 is 60.5 Å². The number of hydrogen-bond acceptors (Lipinski definition) is 11. The minimum atomic E-state index is -1.19. The van der Waals surface area contributed by atoms with Gasteiger partial charge in [-0.3, -0.25) is 48.1 Å². The standard InChI is InChI=1S/C28H25F3N4O4.C21H21F3N4O4.C2H6.CH4O/c1-16-8-9-17(2)35-15-33(16)28(38)24-26(39-14-18-6-4-3-5-7-18)25(36)21(13-34(24)35)27(37)32-12-20-22(30)10-19(29)11-23(20)31;1-10-3-4-11(2)28-9-26(10)21(32)17-19(30)18(29)14(8-27(17)28)20(31)25-7-13-15(23)5-12(22)6-16(13)24;2*1-2/h3-11,13,16-17H,12,14-15H2,1-2H3,(H,32,37);5-6,8,10-11,30H,3-4,7,9H2,1-2H3,(H,25,31);1-2H3;2H,1H3/t16-,17-;10-,11-;;/m00../s1. The molecule has 0 saturated carbocycles. The van der Waals surface area contributed by atoms with Crippen LogP contribution in [0.3, 0.4) is 0 Å². The summed E-state index contributed by atoms with van der Waals surface area (Å²) in [6.45, 7) is 10.6. The largest absolute Gasteiger partial charge is 0.502 e. The summed E-state index contributed by atoms with van der Waals surface area (Å²) >= 11 is 0. The van der Waals surface area contributed by atoms with Gasteiger partial charge in [-0.15, -0.1) is 0 Å². The smallest absolute Gasteiger partial charge is 0.278 e. The summed E-state index contributed by atoms with van der Waals surface area (Å²) in [5, 5.41) is 25.6. The third-order valence-corrected chi connectivity index (χ3v) is 12.8. The van der Waals surface area contributed by atoms with Gasteiger partial charge in [0.05, 0.1) is 6.04 Å². The maximum Gasteiger partial charge on any atom is 0.278 e. The van der Waals surface area contributed by atoms with Gasteiger partial charge >= 0.3 is 0 Å². The number of aromatic nitrogens is 2. The van der Waals surface area contributed by atoms with Crippen LogP contribution in [0.1, 0.15) is 113 Å². The lowest BCUT2D eigenvalue weighted by Crippen LogP contribution is -2.57. The molecule has 1 fully saturated rings. The van der Waals surface area contributed by atoms with Crippen molar-refractivity contribution in [3.8, 4) is 11.5 Å². The molecule has 9 rings (SSSR count). The van der Waals surface area contributed by atoms with Crippen LogP contribution in [0.5, 0.6) is 11.5 Å². The second-order valence-electron chi connectivity index (χ2n) is 17.5. The second-order valence-corrected chi connectivity index (χ2v) is 17.5. The number of nitrogens with zero attached hydrogens (tertiary/aromatic N) is 6. The molecule has 4 aliphatic rings. The summed E-state index contributed by atoms with van der Waals surface area (Å²) < 4.78 is 90.9. The number of nitrogens with one attached hydrogen (secondary N) is 2. The Hall–Kier alpha value is -8.08. The van der Waals surface area contributed by atoms with E-state index in [2.05, 4.69) is 10.6 Å². The van der Waals surface area contributed by atoms with Crippen molar-refractivity contribution in [2.45, 2.75) is 98.2 Å². The van der Waals surface area contributed by atoms with Crippen LogP contribution in [0.25, 0.3) is 0 Å². The van der Waals surface area contributed by atoms with E-state index in [0.29, 0.717) is 24.3 Å². The van der Waals surface area contributed by atoms with Crippen molar-refractivity contribution in [3.05, 3.63) is 174 Å². The lowest BCUT2D eigenvalue weighted by Gasteiger charge is -2.42. The highest BCUT2D eigenvalue weighted by Gasteiger charge is 2.41. The first-order valence-corrected chi connectivity index (χ1v) is 23.8.